The molecule has 0 radical (unpaired) electrons. The Balaban J connectivity index is 1.40. The molecule has 1 aromatic carbocycles. The SMILES string of the molecule is Cc1cc2oc(=O)cc(COC(=O)CCc3nc(-c4cccs4)no3)c2cc1Cl. The third-order valence-electron chi connectivity index (χ3n) is 4.25. The second-order valence-corrected chi connectivity index (χ2v) is 7.69. The third kappa shape index (κ3) is 4.38. The summed E-state index contributed by atoms with van der Waals surface area (Å²) in [5.41, 5.74) is 1.21. The molecule has 4 aromatic rings. The molecular weight excluding hydrogens is 416 g/mol. The maximum Gasteiger partial charge on any atom is 0.336 e. The fourth-order valence-corrected chi connectivity index (χ4v) is 3.58. The maximum absolute atomic E-state index is 12.1. The van der Waals surface area contributed by atoms with Gasteiger partial charge in [0.05, 0.1) is 11.3 Å². The van der Waals surface area contributed by atoms with E-state index in [0.717, 1.165) is 10.4 Å². The van der Waals surface area contributed by atoms with Gasteiger partial charge in [-0.3, -0.25) is 4.79 Å². The summed E-state index contributed by atoms with van der Waals surface area (Å²) in [5.74, 6) is 0.414. The molecule has 0 spiro atoms. The van der Waals surface area contributed by atoms with E-state index < -0.39 is 11.6 Å². The van der Waals surface area contributed by atoms with E-state index in [1.54, 1.807) is 12.1 Å². The molecule has 7 nitrogen and oxygen atoms in total. The number of hydrogen-bond acceptors (Lipinski definition) is 8. The molecule has 3 aromatic heterocycles. The average Bonchev–Trinajstić information content (AvgIpc) is 3.37. The Morgan fingerprint density at radius 2 is 2.17 bits per heavy atom. The van der Waals surface area contributed by atoms with Gasteiger partial charge in [0.1, 0.15) is 12.2 Å². The molecule has 0 aliphatic heterocycles. The summed E-state index contributed by atoms with van der Waals surface area (Å²) < 4.78 is 15.7. The van der Waals surface area contributed by atoms with Crippen LogP contribution in [0.1, 0.15) is 23.4 Å². The molecular formula is C20H15ClN2O5S. The van der Waals surface area contributed by atoms with Gasteiger partial charge in [-0.2, -0.15) is 4.98 Å². The molecule has 0 saturated heterocycles. The largest absolute Gasteiger partial charge is 0.461 e. The molecule has 0 N–H and O–H groups in total. The van der Waals surface area contributed by atoms with Gasteiger partial charge >= 0.3 is 11.6 Å². The van der Waals surface area contributed by atoms with Crippen molar-refractivity contribution in [2.45, 2.75) is 26.4 Å². The second kappa shape index (κ2) is 8.18. The topological polar surface area (TPSA) is 95.4 Å². The number of fused-ring (bicyclic) bond motifs is 1. The molecule has 0 aliphatic carbocycles. The van der Waals surface area contributed by atoms with Crippen LogP contribution in [0.4, 0.5) is 0 Å². The Labute approximate surface area is 173 Å². The average molecular weight is 431 g/mol. The van der Waals surface area contributed by atoms with Crippen molar-refractivity contribution < 1.29 is 18.5 Å². The summed E-state index contributed by atoms with van der Waals surface area (Å²) in [6.07, 6.45) is 0.339. The fourth-order valence-electron chi connectivity index (χ4n) is 2.77. The number of thiophene rings is 1. The zero-order valence-electron chi connectivity index (χ0n) is 15.3. The lowest BCUT2D eigenvalue weighted by molar-refractivity contribution is -0.145. The van der Waals surface area contributed by atoms with Crippen molar-refractivity contribution in [1.82, 2.24) is 10.1 Å². The monoisotopic (exact) mass is 430 g/mol. The zero-order valence-corrected chi connectivity index (χ0v) is 16.9. The predicted octanol–water partition coefficient (Wildman–Crippen LogP) is 4.54. The van der Waals surface area contributed by atoms with Crippen LogP contribution >= 0.6 is 22.9 Å². The summed E-state index contributed by atoms with van der Waals surface area (Å²) >= 11 is 7.67. The quantitative estimate of drug-likeness (QED) is 0.327. The fraction of sp³-hybridized carbons (Fsp3) is 0.200. The minimum Gasteiger partial charge on any atom is -0.461 e. The van der Waals surface area contributed by atoms with Gasteiger partial charge < -0.3 is 13.7 Å². The second-order valence-electron chi connectivity index (χ2n) is 6.34. The van der Waals surface area contributed by atoms with E-state index in [2.05, 4.69) is 10.1 Å². The van der Waals surface area contributed by atoms with E-state index in [1.165, 1.54) is 17.4 Å². The van der Waals surface area contributed by atoms with Crippen LogP contribution in [0.2, 0.25) is 5.02 Å². The van der Waals surface area contributed by atoms with Gasteiger partial charge in [-0.25, -0.2) is 4.79 Å². The number of carbonyl (C=O) groups excluding carboxylic acids is 1. The molecule has 148 valence electrons. The maximum atomic E-state index is 12.1. The van der Waals surface area contributed by atoms with Crippen LogP contribution in [0.3, 0.4) is 0 Å². The molecule has 3 heterocycles. The van der Waals surface area contributed by atoms with Crippen molar-refractivity contribution in [2.24, 2.45) is 0 Å². The van der Waals surface area contributed by atoms with E-state index >= 15 is 0 Å². The predicted molar refractivity (Wildman–Crippen MR) is 108 cm³/mol. The van der Waals surface area contributed by atoms with Crippen molar-refractivity contribution in [3.05, 3.63) is 68.2 Å². The van der Waals surface area contributed by atoms with Crippen LogP contribution in [-0.2, 0) is 22.6 Å². The first-order valence-corrected chi connectivity index (χ1v) is 10.0. The lowest BCUT2D eigenvalue weighted by atomic mass is 10.1. The Bertz CT molecular complexity index is 1230. The summed E-state index contributed by atoms with van der Waals surface area (Å²) in [6, 6.07) is 8.47. The minimum absolute atomic E-state index is 0.0649. The Hall–Kier alpha value is -2.97. The van der Waals surface area contributed by atoms with E-state index in [0.29, 0.717) is 33.3 Å². The lowest BCUT2D eigenvalue weighted by Gasteiger charge is -2.08. The van der Waals surface area contributed by atoms with Crippen LogP contribution in [-0.4, -0.2) is 16.1 Å². The van der Waals surface area contributed by atoms with Crippen LogP contribution in [0.25, 0.3) is 21.7 Å². The van der Waals surface area contributed by atoms with E-state index in [4.69, 9.17) is 25.3 Å². The standard InChI is InChI=1S/C20H15ClN2O5S/c1-11-7-15-13(9-14(11)21)12(8-19(25)27-15)10-26-18(24)5-4-17-22-20(23-28-17)16-3-2-6-29-16/h2-3,6-9H,4-5,10H2,1H3. The first-order valence-electron chi connectivity index (χ1n) is 8.74. The molecule has 0 atom stereocenters. The minimum atomic E-state index is -0.516. The number of hydrogen-bond donors (Lipinski definition) is 0. The summed E-state index contributed by atoms with van der Waals surface area (Å²) in [6.45, 7) is 1.75. The van der Waals surface area contributed by atoms with Crippen LogP contribution < -0.4 is 5.63 Å². The first kappa shape index (κ1) is 19.4. The molecule has 0 bridgehead atoms. The highest BCUT2D eigenvalue weighted by Gasteiger charge is 2.14. The zero-order chi connectivity index (χ0) is 20.4. The number of carbonyl (C=O) groups is 1. The van der Waals surface area contributed by atoms with Gasteiger partial charge in [0.2, 0.25) is 11.7 Å². The molecule has 4 rings (SSSR count). The van der Waals surface area contributed by atoms with Crippen LogP contribution in [0.15, 0.2) is 49.4 Å². The molecule has 0 unspecified atom stereocenters. The molecule has 0 aliphatic rings. The van der Waals surface area contributed by atoms with Gasteiger partial charge in [0, 0.05) is 28.5 Å². The highest BCUT2D eigenvalue weighted by atomic mass is 35.5. The molecule has 9 heteroatoms. The summed E-state index contributed by atoms with van der Waals surface area (Å²) in [4.78, 5) is 29.1. The number of rotatable bonds is 6. The third-order valence-corrected chi connectivity index (χ3v) is 5.52. The van der Waals surface area contributed by atoms with Crippen molar-refractivity contribution in [2.75, 3.05) is 0 Å². The number of esters is 1. The summed E-state index contributed by atoms with van der Waals surface area (Å²) in [5, 5.41) is 6.99. The van der Waals surface area contributed by atoms with Crippen molar-refractivity contribution >= 4 is 39.9 Å². The lowest BCUT2D eigenvalue weighted by Crippen LogP contribution is -2.08. The van der Waals surface area contributed by atoms with Gasteiger partial charge in [0.15, 0.2) is 0 Å². The number of ether oxygens (including phenoxy) is 1. The number of aromatic nitrogens is 2. The van der Waals surface area contributed by atoms with Crippen LogP contribution in [0, 0.1) is 6.92 Å². The Kier molecular flexibility index (Phi) is 5.46. The molecule has 0 amide bonds. The van der Waals surface area contributed by atoms with Crippen molar-refractivity contribution in [3.63, 3.8) is 0 Å². The number of aryl methyl sites for hydroxylation is 2. The van der Waals surface area contributed by atoms with Crippen molar-refractivity contribution in [1.29, 1.82) is 0 Å². The highest BCUT2D eigenvalue weighted by molar-refractivity contribution is 7.13. The normalized spacial score (nSPS) is 11.1. The Morgan fingerprint density at radius 1 is 1.31 bits per heavy atom. The van der Waals surface area contributed by atoms with Crippen molar-refractivity contribution in [3.8, 4) is 10.7 Å². The van der Waals surface area contributed by atoms with E-state index in [-0.39, 0.29) is 19.4 Å². The molecule has 0 fully saturated rings. The van der Waals surface area contributed by atoms with Gasteiger partial charge in [-0.05, 0) is 36.1 Å². The molecule has 29 heavy (non-hydrogen) atoms. The summed E-state index contributed by atoms with van der Waals surface area (Å²) in [7, 11) is 0. The number of halogens is 1. The molecule has 0 saturated carbocycles. The van der Waals surface area contributed by atoms with Gasteiger partial charge in [-0.1, -0.05) is 22.8 Å². The smallest absolute Gasteiger partial charge is 0.336 e. The highest BCUT2D eigenvalue weighted by Crippen LogP contribution is 2.26. The Morgan fingerprint density at radius 3 is 2.97 bits per heavy atom. The first-order chi connectivity index (χ1) is 14.0. The van der Waals surface area contributed by atoms with E-state index in [9.17, 15) is 9.59 Å². The number of benzene rings is 1. The van der Waals surface area contributed by atoms with Gasteiger partial charge in [-0.15, -0.1) is 11.3 Å². The van der Waals surface area contributed by atoms with E-state index in [1.807, 2.05) is 24.4 Å². The number of nitrogens with zero attached hydrogens (tertiary/aromatic N) is 2. The van der Waals surface area contributed by atoms with Gasteiger partial charge in [0.25, 0.3) is 0 Å². The van der Waals surface area contributed by atoms with Crippen LogP contribution in [0.5, 0.6) is 0 Å².